The molecule has 2 atom stereocenters. The number of hydrogen-bond acceptors (Lipinski definition) is 3. The van der Waals surface area contributed by atoms with Gasteiger partial charge in [0.15, 0.2) is 0 Å². The topological polar surface area (TPSA) is 69.6 Å². The average molecular weight is 274 g/mol. The van der Waals surface area contributed by atoms with E-state index in [1.165, 1.54) is 16.7 Å². The first kappa shape index (κ1) is 15.1. The normalized spacial score (nSPS) is 21.1. The SMILES string of the molecule is CCC(CC)C(C)NC(=O)N1CSC[C@H]1C(=O)O. The number of rotatable bonds is 5. The van der Waals surface area contributed by atoms with Crippen LogP contribution in [0.15, 0.2) is 0 Å². The summed E-state index contributed by atoms with van der Waals surface area (Å²) in [4.78, 5) is 24.5. The number of carbonyl (C=O) groups excluding carboxylic acids is 1. The van der Waals surface area contributed by atoms with Crippen molar-refractivity contribution >= 4 is 23.8 Å². The summed E-state index contributed by atoms with van der Waals surface area (Å²) in [5.74, 6) is 0.443. The molecule has 1 fully saturated rings. The average Bonchev–Trinajstić information content (AvgIpc) is 2.79. The van der Waals surface area contributed by atoms with Gasteiger partial charge in [-0.3, -0.25) is 0 Å². The molecule has 0 radical (unpaired) electrons. The van der Waals surface area contributed by atoms with E-state index in [2.05, 4.69) is 19.2 Å². The van der Waals surface area contributed by atoms with Crippen LogP contribution in [0, 0.1) is 5.92 Å². The monoisotopic (exact) mass is 274 g/mol. The maximum Gasteiger partial charge on any atom is 0.327 e. The summed E-state index contributed by atoms with van der Waals surface area (Å²) >= 11 is 1.48. The summed E-state index contributed by atoms with van der Waals surface area (Å²) in [5, 5.41) is 12.0. The van der Waals surface area contributed by atoms with Crippen molar-refractivity contribution < 1.29 is 14.7 Å². The standard InChI is InChI=1S/C12H22N2O3S/c1-4-9(5-2)8(3)13-12(17)14-7-18-6-10(14)11(15)16/h8-10H,4-7H2,1-3H3,(H,13,17)(H,15,16)/t8?,10-/m0/s1. The molecule has 1 aliphatic heterocycles. The highest BCUT2D eigenvalue weighted by Crippen LogP contribution is 2.21. The van der Waals surface area contributed by atoms with Crippen LogP contribution in [0.5, 0.6) is 0 Å². The molecule has 18 heavy (non-hydrogen) atoms. The molecule has 2 amide bonds. The quantitative estimate of drug-likeness (QED) is 0.804. The van der Waals surface area contributed by atoms with Crippen molar-refractivity contribution in [2.45, 2.75) is 45.7 Å². The van der Waals surface area contributed by atoms with Gasteiger partial charge in [0.05, 0.1) is 5.88 Å². The molecule has 1 rings (SSSR count). The van der Waals surface area contributed by atoms with Crippen molar-refractivity contribution in [2.24, 2.45) is 5.92 Å². The van der Waals surface area contributed by atoms with Gasteiger partial charge in [-0.25, -0.2) is 9.59 Å². The van der Waals surface area contributed by atoms with Crippen molar-refractivity contribution in [3.8, 4) is 0 Å². The second-order valence-electron chi connectivity index (χ2n) is 4.64. The van der Waals surface area contributed by atoms with Gasteiger partial charge in [-0.2, -0.15) is 0 Å². The second kappa shape index (κ2) is 6.87. The number of carbonyl (C=O) groups is 2. The Morgan fingerprint density at radius 1 is 1.44 bits per heavy atom. The fourth-order valence-electron chi connectivity index (χ4n) is 2.24. The Morgan fingerprint density at radius 2 is 2.06 bits per heavy atom. The highest BCUT2D eigenvalue weighted by atomic mass is 32.2. The van der Waals surface area contributed by atoms with Crippen molar-refractivity contribution in [1.29, 1.82) is 0 Å². The second-order valence-corrected chi connectivity index (χ2v) is 5.64. The van der Waals surface area contributed by atoms with Gasteiger partial charge in [0, 0.05) is 11.8 Å². The molecule has 1 heterocycles. The van der Waals surface area contributed by atoms with E-state index in [-0.39, 0.29) is 12.1 Å². The largest absolute Gasteiger partial charge is 0.480 e. The Balaban J connectivity index is 2.57. The lowest BCUT2D eigenvalue weighted by molar-refractivity contribution is -0.140. The minimum absolute atomic E-state index is 0.0764. The van der Waals surface area contributed by atoms with Crippen molar-refractivity contribution in [3.63, 3.8) is 0 Å². The molecule has 1 unspecified atom stereocenters. The van der Waals surface area contributed by atoms with Crippen LogP contribution in [0.1, 0.15) is 33.6 Å². The van der Waals surface area contributed by atoms with Gasteiger partial charge < -0.3 is 15.3 Å². The number of carboxylic acids is 1. The first-order chi connectivity index (χ1) is 8.51. The van der Waals surface area contributed by atoms with Crippen LogP contribution >= 0.6 is 11.8 Å². The molecule has 1 saturated heterocycles. The molecule has 0 saturated carbocycles. The third-order valence-corrected chi connectivity index (χ3v) is 4.55. The highest BCUT2D eigenvalue weighted by Gasteiger charge is 2.35. The van der Waals surface area contributed by atoms with E-state index in [0.29, 0.717) is 17.5 Å². The van der Waals surface area contributed by atoms with E-state index in [1.54, 1.807) is 0 Å². The molecule has 0 aromatic rings. The summed E-state index contributed by atoms with van der Waals surface area (Å²) in [6.45, 7) is 6.18. The summed E-state index contributed by atoms with van der Waals surface area (Å²) in [7, 11) is 0. The van der Waals surface area contributed by atoms with Crippen molar-refractivity contribution in [2.75, 3.05) is 11.6 Å². The number of amides is 2. The van der Waals surface area contributed by atoms with Gasteiger partial charge in [-0.15, -0.1) is 11.8 Å². The number of hydrogen-bond donors (Lipinski definition) is 2. The maximum absolute atomic E-state index is 12.0. The molecule has 0 aromatic heterocycles. The molecule has 6 heteroatoms. The van der Waals surface area contributed by atoms with Crippen LogP contribution in [-0.4, -0.2) is 45.7 Å². The van der Waals surface area contributed by atoms with Crippen LogP contribution in [0.4, 0.5) is 4.79 Å². The lowest BCUT2D eigenvalue weighted by Gasteiger charge is -2.27. The third-order valence-electron chi connectivity index (χ3n) is 3.54. The van der Waals surface area contributed by atoms with E-state index in [0.717, 1.165) is 12.8 Å². The van der Waals surface area contributed by atoms with Gasteiger partial charge >= 0.3 is 12.0 Å². The van der Waals surface area contributed by atoms with Gasteiger partial charge in [0.1, 0.15) is 6.04 Å². The minimum atomic E-state index is -0.926. The molecule has 104 valence electrons. The Morgan fingerprint density at radius 3 is 2.56 bits per heavy atom. The third kappa shape index (κ3) is 3.54. The van der Waals surface area contributed by atoms with Gasteiger partial charge in [-0.1, -0.05) is 26.7 Å². The van der Waals surface area contributed by atoms with E-state index < -0.39 is 12.0 Å². The van der Waals surface area contributed by atoms with E-state index in [9.17, 15) is 9.59 Å². The summed E-state index contributed by atoms with van der Waals surface area (Å²) in [6, 6.07) is -0.872. The number of thioether (sulfide) groups is 1. The molecule has 5 nitrogen and oxygen atoms in total. The summed E-state index contributed by atoms with van der Waals surface area (Å²) in [6.07, 6.45) is 2.02. The minimum Gasteiger partial charge on any atom is -0.480 e. The van der Waals surface area contributed by atoms with Gasteiger partial charge in [0.25, 0.3) is 0 Å². The Labute approximate surface area is 112 Å². The number of carboxylic acid groups (broad SMARTS) is 1. The van der Waals surface area contributed by atoms with Crippen LogP contribution in [-0.2, 0) is 4.79 Å². The Hall–Kier alpha value is -0.910. The molecule has 1 aliphatic rings. The van der Waals surface area contributed by atoms with Crippen molar-refractivity contribution in [3.05, 3.63) is 0 Å². The Bertz CT molecular complexity index is 308. The van der Waals surface area contributed by atoms with Crippen LogP contribution in [0.25, 0.3) is 0 Å². The smallest absolute Gasteiger partial charge is 0.327 e. The first-order valence-corrected chi connectivity index (χ1v) is 7.54. The molecular weight excluding hydrogens is 252 g/mol. The maximum atomic E-state index is 12.0. The fourth-order valence-corrected chi connectivity index (χ4v) is 3.38. The van der Waals surface area contributed by atoms with Crippen LogP contribution in [0.2, 0.25) is 0 Å². The molecule has 0 aliphatic carbocycles. The number of urea groups is 1. The predicted octanol–water partition coefficient (Wildman–Crippen LogP) is 1.98. The zero-order valence-corrected chi connectivity index (χ0v) is 12.0. The number of nitrogens with one attached hydrogen (secondary N) is 1. The van der Waals surface area contributed by atoms with E-state index in [4.69, 9.17) is 5.11 Å². The predicted molar refractivity (Wildman–Crippen MR) is 72.7 cm³/mol. The van der Waals surface area contributed by atoms with Gasteiger partial charge in [0.2, 0.25) is 0 Å². The summed E-state index contributed by atoms with van der Waals surface area (Å²) < 4.78 is 0. The van der Waals surface area contributed by atoms with E-state index in [1.807, 2.05) is 6.92 Å². The fraction of sp³-hybridized carbons (Fsp3) is 0.833. The molecule has 0 bridgehead atoms. The van der Waals surface area contributed by atoms with Crippen molar-refractivity contribution in [1.82, 2.24) is 10.2 Å². The van der Waals surface area contributed by atoms with E-state index >= 15 is 0 Å². The molecular formula is C12H22N2O3S. The van der Waals surface area contributed by atoms with Gasteiger partial charge in [-0.05, 0) is 12.8 Å². The summed E-state index contributed by atoms with van der Waals surface area (Å²) in [5.41, 5.74) is 0. The van der Waals surface area contributed by atoms with Crippen LogP contribution in [0.3, 0.4) is 0 Å². The first-order valence-electron chi connectivity index (χ1n) is 6.38. The molecule has 2 N–H and O–H groups in total. The number of aliphatic carboxylic acids is 1. The van der Waals surface area contributed by atoms with Crippen LogP contribution < -0.4 is 5.32 Å². The molecule has 0 aromatic carbocycles. The molecule has 0 spiro atoms. The zero-order valence-electron chi connectivity index (χ0n) is 11.2. The lowest BCUT2D eigenvalue weighted by Crippen LogP contribution is -2.50. The lowest BCUT2D eigenvalue weighted by atomic mass is 9.96. The number of nitrogens with zero attached hydrogens (tertiary/aromatic N) is 1. The Kier molecular flexibility index (Phi) is 5.78. The zero-order chi connectivity index (χ0) is 13.7. The highest BCUT2D eigenvalue weighted by molar-refractivity contribution is 7.99.